The lowest BCUT2D eigenvalue weighted by atomic mass is 9.98. The first kappa shape index (κ1) is 12.3. The standard InChI is InChI=1S/C11H14BrN3O2/c1-17-10(16)8-3-2-4-15(7-8)11-13-5-9(12)6-14-11/h5-6,8H,2-4,7H2,1H3. The first-order chi connectivity index (χ1) is 8.20. The maximum Gasteiger partial charge on any atom is 0.310 e. The fraction of sp³-hybridized carbons (Fsp3) is 0.545. The fourth-order valence-electron chi connectivity index (χ4n) is 1.99. The summed E-state index contributed by atoms with van der Waals surface area (Å²) >= 11 is 3.30. The summed E-state index contributed by atoms with van der Waals surface area (Å²) in [7, 11) is 1.43. The molecule has 0 aromatic carbocycles. The number of ether oxygens (including phenoxy) is 1. The van der Waals surface area contributed by atoms with Crippen molar-refractivity contribution in [3.8, 4) is 0 Å². The number of carbonyl (C=O) groups excluding carboxylic acids is 1. The molecule has 2 rings (SSSR count). The first-order valence-corrected chi connectivity index (χ1v) is 6.30. The molecular formula is C11H14BrN3O2. The van der Waals surface area contributed by atoms with Crippen LogP contribution in [0.2, 0.25) is 0 Å². The average molecular weight is 300 g/mol. The van der Waals surface area contributed by atoms with Gasteiger partial charge < -0.3 is 9.64 Å². The average Bonchev–Trinajstić information content (AvgIpc) is 2.39. The molecule has 0 radical (unpaired) electrons. The van der Waals surface area contributed by atoms with E-state index in [-0.39, 0.29) is 11.9 Å². The van der Waals surface area contributed by atoms with Crippen LogP contribution < -0.4 is 4.90 Å². The van der Waals surface area contributed by atoms with E-state index in [1.54, 1.807) is 12.4 Å². The Hall–Kier alpha value is -1.17. The van der Waals surface area contributed by atoms with Gasteiger partial charge in [0.25, 0.3) is 0 Å². The predicted octanol–water partition coefficient (Wildman–Crippen LogP) is 1.63. The van der Waals surface area contributed by atoms with E-state index in [0.29, 0.717) is 12.5 Å². The molecule has 0 amide bonds. The third-order valence-electron chi connectivity index (χ3n) is 2.85. The van der Waals surface area contributed by atoms with Crippen LogP contribution in [0.1, 0.15) is 12.8 Å². The molecule has 92 valence electrons. The van der Waals surface area contributed by atoms with Gasteiger partial charge in [-0.1, -0.05) is 0 Å². The molecule has 1 fully saturated rings. The molecule has 17 heavy (non-hydrogen) atoms. The molecule has 1 saturated heterocycles. The molecule has 1 aliphatic heterocycles. The highest BCUT2D eigenvalue weighted by molar-refractivity contribution is 9.10. The number of piperidine rings is 1. The number of halogens is 1. The molecular weight excluding hydrogens is 286 g/mol. The van der Waals surface area contributed by atoms with E-state index in [0.717, 1.165) is 23.9 Å². The van der Waals surface area contributed by atoms with Gasteiger partial charge in [-0.25, -0.2) is 9.97 Å². The minimum atomic E-state index is -0.146. The maximum atomic E-state index is 11.5. The molecule has 2 heterocycles. The monoisotopic (exact) mass is 299 g/mol. The molecule has 1 aromatic rings. The van der Waals surface area contributed by atoms with Crippen molar-refractivity contribution in [3.63, 3.8) is 0 Å². The highest BCUT2D eigenvalue weighted by Gasteiger charge is 2.27. The minimum Gasteiger partial charge on any atom is -0.469 e. The molecule has 1 atom stereocenters. The number of nitrogens with zero attached hydrogens (tertiary/aromatic N) is 3. The van der Waals surface area contributed by atoms with E-state index in [1.165, 1.54) is 7.11 Å². The van der Waals surface area contributed by atoms with Crippen molar-refractivity contribution < 1.29 is 9.53 Å². The van der Waals surface area contributed by atoms with Crippen LogP contribution in [0.25, 0.3) is 0 Å². The van der Waals surface area contributed by atoms with Crippen LogP contribution in [-0.2, 0) is 9.53 Å². The van der Waals surface area contributed by atoms with Gasteiger partial charge in [-0.05, 0) is 28.8 Å². The summed E-state index contributed by atoms with van der Waals surface area (Å²) in [4.78, 5) is 22.0. The van der Waals surface area contributed by atoms with Crippen LogP contribution >= 0.6 is 15.9 Å². The molecule has 0 bridgehead atoms. The lowest BCUT2D eigenvalue weighted by molar-refractivity contribution is -0.145. The minimum absolute atomic E-state index is 0.0685. The number of hydrogen-bond donors (Lipinski definition) is 0. The zero-order valence-electron chi connectivity index (χ0n) is 9.60. The Morgan fingerprint density at radius 1 is 1.53 bits per heavy atom. The second-order valence-electron chi connectivity index (χ2n) is 4.01. The number of rotatable bonds is 2. The summed E-state index contributed by atoms with van der Waals surface area (Å²) in [6, 6.07) is 0. The normalized spacial score (nSPS) is 20.1. The third kappa shape index (κ3) is 2.94. The Labute approximate surface area is 108 Å². The Bertz CT molecular complexity index is 396. The Morgan fingerprint density at radius 2 is 2.24 bits per heavy atom. The molecule has 0 spiro atoms. The topological polar surface area (TPSA) is 55.3 Å². The van der Waals surface area contributed by atoms with E-state index >= 15 is 0 Å². The van der Waals surface area contributed by atoms with E-state index < -0.39 is 0 Å². The number of aromatic nitrogens is 2. The lowest BCUT2D eigenvalue weighted by Crippen LogP contribution is -2.40. The van der Waals surface area contributed by atoms with Crippen molar-refractivity contribution in [1.82, 2.24) is 9.97 Å². The van der Waals surface area contributed by atoms with Crippen molar-refractivity contribution in [2.24, 2.45) is 5.92 Å². The summed E-state index contributed by atoms with van der Waals surface area (Å²) in [5.74, 6) is 0.453. The zero-order valence-corrected chi connectivity index (χ0v) is 11.2. The van der Waals surface area contributed by atoms with E-state index in [4.69, 9.17) is 4.74 Å². The quantitative estimate of drug-likeness (QED) is 0.777. The van der Waals surface area contributed by atoms with Gasteiger partial charge in [0, 0.05) is 25.5 Å². The van der Waals surface area contributed by atoms with Gasteiger partial charge in [0.2, 0.25) is 5.95 Å². The molecule has 0 N–H and O–H groups in total. The van der Waals surface area contributed by atoms with Crippen molar-refractivity contribution in [3.05, 3.63) is 16.9 Å². The van der Waals surface area contributed by atoms with Gasteiger partial charge >= 0.3 is 5.97 Å². The largest absolute Gasteiger partial charge is 0.469 e. The Kier molecular flexibility index (Phi) is 3.93. The SMILES string of the molecule is COC(=O)C1CCCN(c2ncc(Br)cn2)C1. The van der Waals surface area contributed by atoms with Crippen LogP contribution in [0.4, 0.5) is 5.95 Å². The van der Waals surface area contributed by atoms with Gasteiger partial charge in [0.05, 0.1) is 17.5 Å². The highest BCUT2D eigenvalue weighted by Crippen LogP contribution is 2.21. The summed E-state index contributed by atoms with van der Waals surface area (Å²) in [6.07, 6.45) is 5.26. The van der Waals surface area contributed by atoms with Gasteiger partial charge in [0.1, 0.15) is 0 Å². The number of methoxy groups -OCH3 is 1. The summed E-state index contributed by atoms with van der Waals surface area (Å²) < 4.78 is 5.63. The van der Waals surface area contributed by atoms with Crippen LogP contribution in [0.3, 0.4) is 0 Å². The van der Waals surface area contributed by atoms with E-state index in [9.17, 15) is 4.79 Å². The van der Waals surface area contributed by atoms with Crippen molar-refractivity contribution >= 4 is 27.8 Å². The molecule has 0 saturated carbocycles. The lowest BCUT2D eigenvalue weighted by Gasteiger charge is -2.31. The summed E-state index contributed by atoms with van der Waals surface area (Å²) in [5, 5.41) is 0. The van der Waals surface area contributed by atoms with Gasteiger partial charge in [-0.3, -0.25) is 4.79 Å². The number of esters is 1. The maximum absolute atomic E-state index is 11.5. The van der Waals surface area contributed by atoms with E-state index in [2.05, 4.69) is 25.9 Å². The van der Waals surface area contributed by atoms with Crippen LogP contribution in [0, 0.1) is 5.92 Å². The predicted molar refractivity (Wildman–Crippen MR) is 66.7 cm³/mol. The molecule has 1 aromatic heterocycles. The van der Waals surface area contributed by atoms with Crippen molar-refractivity contribution in [2.75, 3.05) is 25.1 Å². The first-order valence-electron chi connectivity index (χ1n) is 5.51. The van der Waals surface area contributed by atoms with Crippen LogP contribution in [0.5, 0.6) is 0 Å². The smallest absolute Gasteiger partial charge is 0.310 e. The van der Waals surface area contributed by atoms with Crippen molar-refractivity contribution in [1.29, 1.82) is 0 Å². The second kappa shape index (κ2) is 5.44. The third-order valence-corrected chi connectivity index (χ3v) is 3.25. The van der Waals surface area contributed by atoms with Gasteiger partial charge in [-0.2, -0.15) is 0 Å². The van der Waals surface area contributed by atoms with Crippen molar-refractivity contribution in [2.45, 2.75) is 12.8 Å². The second-order valence-corrected chi connectivity index (χ2v) is 4.93. The van der Waals surface area contributed by atoms with Crippen LogP contribution in [-0.4, -0.2) is 36.1 Å². The number of hydrogen-bond acceptors (Lipinski definition) is 5. The molecule has 5 nitrogen and oxygen atoms in total. The fourth-order valence-corrected chi connectivity index (χ4v) is 2.19. The van der Waals surface area contributed by atoms with Crippen LogP contribution in [0.15, 0.2) is 16.9 Å². The highest BCUT2D eigenvalue weighted by atomic mass is 79.9. The van der Waals surface area contributed by atoms with Gasteiger partial charge in [0.15, 0.2) is 0 Å². The van der Waals surface area contributed by atoms with Gasteiger partial charge in [-0.15, -0.1) is 0 Å². The summed E-state index contributed by atoms with van der Waals surface area (Å²) in [6.45, 7) is 1.52. The zero-order chi connectivity index (χ0) is 12.3. The number of carbonyl (C=O) groups is 1. The Balaban J connectivity index is 2.06. The van der Waals surface area contributed by atoms with E-state index in [1.807, 2.05) is 4.90 Å². The Morgan fingerprint density at radius 3 is 2.88 bits per heavy atom. The molecule has 6 heteroatoms. The molecule has 1 unspecified atom stereocenters. The molecule has 1 aliphatic rings. The summed E-state index contributed by atoms with van der Waals surface area (Å²) in [5.41, 5.74) is 0. The molecule has 0 aliphatic carbocycles. The number of anilines is 1.